The summed E-state index contributed by atoms with van der Waals surface area (Å²) >= 11 is 0. The van der Waals surface area contributed by atoms with Gasteiger partial charge in [0.2, 0.25) is 0 Å². The summed E-state index contributed by atoms with van der Waals surface area (Å²) in [6.45, 7) is 3.15. The zero-order chi connectivity index (χ0) is 15.7. The standard InChI is InChI=1S/C19H25NO3/c21-18(17-7-4-12-22-17)20-10-8-19(9-11-20)13-16(14-23-19)15-5-2-1-3-6-15/h1-3,5-6,16-17H,4,7-14H2/t16-,17-/m0/s1. The molecule has 0 N–H and O–H groups in total. The van der Waals surface area contributed by atoms with Gasteiger partial charge in [-0.3, -0.25) is 4.79 Å². The Morgan fingerprint density at radius 3 is 2.65 bits per heavy atom. The van der Waals surface area contributed by atoms with Gasteiger partial charge < -0.3 is 14.4 Å². The Morgan fingerprint density at radius 2 is 1.96 bits per heavy atom. The highest BCUT2D eigenvalue weighted by atomic mass is 16.5. The summed E-state index contributed by atoms with van der Waals surface area (Å²) in [7, 11) is 0. The van der Waals surface area contributed by atoms with Crippen molar-refractivity contribution in [1.82, 2.24) is 4.90 Å². The molecule has 0 radical (unpaired) electrons. The van der Waals surface area contributed by atoms with E-state index in [0.29, 0.717) is 5.92 Å². The van der Waals surface area contributed by atoms with Crippen molar-refractivity contribution in [3.05, 3.63) is 35.9 Å². The maximum atomic E-state index is 12.4. The molecule has 3 fully saturated rings. The van der Waals surface area contributed by atoms with E-state index in [0.717, 1.165) is 58.4 Å². The first-order valence-corrected chi connectivity index (χ1v) is 8.85. The molecule has 23 heavy (non-hydrogen) atoms. The van der Waals surface area contributed by atoms with Crippen LogP contribution in [0.3, 0.4) is 0 Å². The molecule has 4 heteroatoms. The molecule has 3 heterocycles. The smallest absolute Gasteiger partial charge is 0.251 e. The predicted molar refractivity (Wildman–Crippen MR) is 87.3 cm³/mol. The number of likely N-dealkylation sites (tertiary alicyclic amines) is 1. The lowest BCUT2D eigenvalue weighted by molar-refractivity contribution is -0.145. The third-order valence-electron chi connectivity index (χ3n) is 5.67. The van der Waals surface area contributed by atoms with Gasteiger partial charge in [0.05, 0.1) is 12.2 Å². The van der Waals surface area contributed by atoms with E-state index in [2.05, 4.69) is 30.3 Å². The van der Waals surface area contributed by atoms with E-state index in [4.69, 9.17) is 9.47 Å². The van der Waals surface area contributed by atoms with E-state index in [1.165, 1.54) is 5.56 Å². The van der Waals surface area contributed by atoms with Crippen molar-refractivity contribution >= 4 is 5.91 Å². The fourth-order valence-electron chi connectivity index (χ4n) is 4.24. The molecule has 0 aliphatic carbocycles. The molecule has 4 nitrogen and oxygen atoms in total. The number of nitrogens with zero attached hydrogens (tertiary/aromatic N) is 1. The minimum Gasteiger partial charge on any atom is -0.374 e. The Hall–Kier alpha value is -1.39. The largest absolute Gasteiger partial charge is 0.374 e. The predicted octanol–water partition coefficient (Wildman–Crippen LogP) is 2.73. The van der Waals surface area contributed by atoms with Crippen LogP contribution in [0.1, 0.15) is 43.6 Å². The lowest BCUT2D eigenvalue weighted by atomic mass is 9.83. The minimum atomic E-state index is -0.189. The Balaban J connectivity index is 1.35. The van der Waals surface area contributed by atoms with Crippen LogP contribution in [0, 0.1) is 0 Å². The van der Waals surface area contributed by atoms with Crippen LogP contribution in [-0.2, 0) is 14.3 Å². The first-order valence-electron chi connectivity index (χ1n) is 8.85. The third kappa shape index (κ3) is 3.02. The number of piperidine rings is 1. The molecule has 3 saturated heterocycles. The second-order valence-corrected chi connectivity index (χ2v) is 7.13. The highest BCUT2D eigenvalue weighted by molar-refractivity contribution is 5.81. The Morgan fingerprint density at radius 1 is 1.17 bits per heavy atom. The monoisotopic (exact) mass is 315 g/mol. The van der Waals surface area contributed by atoms with E-state index in [9.17, 15) is 4.79 Å². The Bertz CT molecular complexity index is 545. The second-order valence-electron chi connectivity index (χ2n) is 7.13. The van der Waals surface area contributed by atoms with E-state index < -0.39 is 0 Å². The summed E-state index contributed by atoms with van der Waals surface area (Å²) in [6, 6.07) is 10.7. The topological polar surface area (TPSA) is 38.8 Å². The molecule has 1 aromatic rings. The van der Waals surface area contributed by atoms with Crippen LogP contribution in [0.15, 0.2) is 30.3 Å². The highest BCUT2D eigenvalue weighted by Gasteiger charge is 2.44. The first kappa shape index (κ1) is 15.2. The number of carbonyl (C=O) groups is 1. The average Bonchev–Trinajstić information content (AvgIpc) is 3.26. The number of amides is 1. The Labute approximate surface area is 137 Å². The maximum Gasteiger partial charge on any atom is 0.251 e. The zero-order valence-electron chi connectivity index (χ0n) is 13.6. The summed E-state index contributed by atoms with van der Waals surface area (Å²) in [4.78, 5) is 14.4. The highest BCUT2D eigenvalue weighted by Crippen LogP contribution is 2.42. The van der Waals surface area contributed by atoms with Gasteiger partial charge in [0.25, 0.3) is 5.91 Å². The van der Waals surface area contributed by atoms with Crippen LogP contribution in [0.4, 0.5) is 0 Å². The van der Waals surface area contributed by atoms with Crippen LogP contribution in [0.2, 0.25) is 0 Å². The van der Waals surface area contributed by atoms with Gasteiger partial charge in [-0.25, -0.2) is 0 Å². The van der Waals surface area contributed by atoms with Gasteiger partial charge in [-0.1, -0.05) is 30.3 Å². The van der Waals surface area contributed by atoms with E-state index in [-0.39, 0.29) is 17.6 Å². The van der Waals surface area contributed by atoms with Crippen LogP contribution in [0.5, 0.6) is 0 Å². The van der Waals surface area contributed by atoms with Crippen molar-refractivity contribution in [3.8, 4) is 0 Å². The molecule has 1 aromatic carbocycles. The van der Waals surface area contributed by atoms with Crippen molar-refractivity contribution in [2.75, 3.05) is 26.3 Å². The summed E-state index contributed by atoms with van der Waals surface area (Å²) in [5.41, 5.74) is 1.36. The van der Waals surface area contributed by atoms with Crippen molar-refractivity contribution in [1.29, 1.82) is 0 Å². The number of rotatable bonds is 2. The van der Waals surface area contributed by atoms with E-state index in [1.807, 2.05) is 4.90 Å². The number of hydrogen-bond donors (Lipinski definition) is 0. The van der Waals surface area contributed by atoms with Crippen molar-refractivity contribution in [2.24, 2.45) is 0 Å². The molecule has 3 aliphatic heterocycles. The van der Waals surface area contributed by atoms with Crippen LogP contribution in [-0.4, -0.2) is 48.8 Å². The summed E-state index contributed by atoms with van der Waals surface area (Å²) in [6.07, 6.45) is 4.69. The third-order valence-corrected chi connectivity index (χ3v) is 5.67. The summed E-state index contributed by atoms with van der Waals surface area (Å²) in [5, 5.41) is 0. The maximum absolute atomic E-state index is 12.4. The fraction of sp³-hybridized carbons (Fsp3) is 0.632. The van der Waals surface area contributed by atoms with Crippen LogP contribution >= 0.6 is 0 Å². The van der Waals surface area contributed by atoms with Gasteiger partial charge >= 0.3 is 0 Å². The molecule has 3 aliphatic rings. The normalized spacial score (nSPS) is 30.0. The van der Waals surface area contributed by atoms with Crippen molar-refractivity contribution in [2.45, 2.75) is 49.7 Å². The molecular formula is C19H25NO3. The molecule has 0 saturated carbocycles. The summed E-state index contributed by atoms with van der Waals surface area (Å²) < 4.78 is 11.8. The molecule has 2 atom stereocenters. The number of carbonyl (C=O) groups excluding carboxylic acids is 1. The van der Waals surface area contributed by atoms with Gasteiger partial charge in [0.15, 0.2) is 0 Å². The quantitative estimate of drug-likeness (QED) is 0.842. The number of benzene rings is 1. The number of hydrogen-bond acceptors (Lipinski definition) is 3. The van der Waals surface area contributed by atoms with Gasteiger partial charge in [-0.05, 0) is 37.7 Å². The first-order chi connectivity index (χ1) is 11.3. The molecule has 124 valence electrons. The number of ether oxygens (including phenoxy) is 2. The van der Waals surface area contributed by atoms with E-state index >= 15 is 0 Å². The molecule has 1 spiro atoms. The molecule has 4 rings (SSSR count). The lowest BCUT2D eigenvalue weighted by Gasteiger charge is -2.39. The Kier molecular flexibility index (Phi) is 4.12. The van der Waals surface area contributed by atoms with Crippen molar-refractivity contribution < 1.29 is 14.3 Å². The lowest BCUT2D eigenvalue weighted by Crippen LogP contribution is -2.49. The molecule has 0 bridgehead atoms. The second kappa shape index (κ2) is 6.25. The van der Waals surface area contributed by atoms with Crippen molar-refractivity contribution in [3.63, 3.8) is 0 Å². The average molecular weight is 315 g/mol. The van der Waals surface area contributed by atoms with Crippen LogP contribution < -0.4 is 0 Å². The molecule has 1 amide bonds. The summed E-state index contributed by atoms with van der Waals surface area (Å²) in [5.74, 6) is 0.687. The molecule has 0 unspecified atom stereocenters. The minimum absolute atomic E-state index is 0.0200. The SMILES string of the molecule is O=C([C@@H]1CCCO1)N1CCC2(CC1)C[C@H](c1ccccc1)CO2. The van der Waals surface area contributed by atoms with Gasteiger partial charge in [-0.15, -0.1) is 0 Å². The molecular weight excluding hydrogens is 290 g/mol. The van der Waals surface area contributed by atoms with Gasteiger partial charge in [0, 0.05) is 25.6 Å². The van der Waals surface area contributed by atoms with Gasteiger partial charge in [-0.2, -0.15) is 0 Å². The molecule has 0 aromatic heterocycles. The van der Waals surface area contributed by atoms with Crippen LogP contribution in [0.25, 0.3) is 0 Å². The van der Waals surface area contributed by atoms with Gasteiger partial charge in [0.1, 0.15) is 6.10 Å². The zero-order valence-corrected chi connectivity index (χ0v) is 13.6. The van der Waals surface area contributed by atoms with E-state index in [1.54, 1.807) is 0 Å². The fourth-order valence-corrected chi connectivity index (χ4v) is 4.24.